The number of nitro groups is 1. The molecule has 0 fully saturated rings. The maximum absolute atomic E-state index is 11.1. The van der Waals surface area contributed by atoms with E-state index in [1.54, 1.807) is 0 Å². The molecule has 0 aliphatic rings. The molecule has 0 spiro atoms. The molecule has 0 aliphatic carbocycles. The number of nitrogens with zero attached hydrogens (tertiary/aromatic N) is 1. The van der Waals surface area contributed by atoms with Gasteiger partial charge in [-0.3, -0.25) is 19.7 Å². The van der Waals surface area contributed by atoms with E-state index in [4.69, 9.17) is 10.8 Å². The van der Waals surface area contributed by atoms with Crippen LogP contribution in [0.5, 0.6) is 0 Å². The lowest BCUT2D eigenvalue weighted by molar-refractivity contribution is -0.385. The number of rotatable bonds is 6. The molecular formula is C11H12N2O7. The fraction of sp³-hybridized carbons (Fsp3) is 0.273. The molecule has 108 valence electrons. The fourth-order valence-corrected chi connectivity index (χ4v) is 1.57. The first-order valence-electron chi connectivity index (χ1n) is 5.39. The van der Waals surface area contributed by atoms with Crippen molar-refractivity contribution in [1.82, 2.24) is 0 Å². The molecule has 1 aromatic rings. The van der Waals surface area contributed by atoms with Crippen molar-refractivity contribution in [2.75, 3.05) is 0 Å². The lowest BCUT2D eigenvalue weighted by atomic mass is 9.99. The van der Waals surface area contributed by atoms with E-state index in [1.807, 2.05) is 0 Å². The molecule has 0 aliphatic heterocycles. The molecule has 0 saturated carbocycles. The van der Waals surface area contributed by atoms with E-state index in [0.29, 0.717) is 0 Å². The largest absolute Gasteiger partial charge is 0.481 e. The highest BCUT2D eigenvalue weighted by atomic mass is 16.6. The Balaban J connectivity index is 3.19. The van der Waals surface area contributed by atoms with Crippen molar-refractivity contribution in [3.05, 3.63) is 39.4 Å². The van der Waals surface area contributed by atoms with Crippen molar-refractivity contribution in [2.24, 2.45) is 5.73 Å². The summed E-state index contributed by atoms with van der Waals surface area (Å²) < 4.78 is 0. The number of nitrogens with two attached hydrogens (primary N) is 1. The van der Waals surface area contributed by atoms with E-state index in [-0.39, 0.29) is 11.1 Å². The number of hydrogen-bond acceptors (Lipinski definition) is 6. The van der Waals surface area contributed by atoms with Crippen LogP contribution in [0.3, 0.4) is 0 Å². The van der Waals surface area contributed by atoms with Gasteiger partial charge in [-0.05, 0) is 11.6 Å². The van der Waals surface area contributed by atoms with Gasteiger partial charge in [0.2, 0.25) is 5.91 Å². The quantitative estimate of drug-likeness (QED) is 0.406. The Bertz CT molecular complexity index is 525. The molecule has 2 atom stereocenters. The van der Waals surface area contributed by atoms with Crippen LogP contribution in [-0.4, -0.2) is 38.2 Å². The van der Waals surface area contributed by atoms with Crippen molar-refractivity contribution in [3.63, 3.8) is 0 Å². The van der Waals surface area contributed by atoms with Crippen LogP contribution in [0.4, 0.5) is 5.69 Å². The number of aliphatic carboxylic acids is 1. The van der Waals surface area contributed by atoms with Crippen molar-refractivity contribution in [1.29, 1.82) is 0 Å². The molecule has 20 heavy (non-hydrogen) atoms. The van der Waals surface area contributed by atoms with E-state index >= 15 is 0 Å². The van der Waals surface area contributed by atoms with Gasteiger partial charge in [0.15, 0.2) is 0 Å². The van der Waals surface area contributed by atoms with E-state index in [0.717, 1.165) is 18.2 Å². The summed E-state index contributed by atoms with van der Waals surface area (Å²) in [7, 11) is 0. The van der Waals surface area contributed by atoms with E-state index < -0.39 is 41.1 Å². The number of non-ortho nitro benzene ring substituents is 1. The van der Waals surface area contributed by atoms with Gasteiger partial charge in [-0.15, -0.1) is 0 Å². The van der Waals surface area contributed by atoms with Gasteiger partial charge in [0, 0.05) is 17.7 Å². The van der Waals surface area contributed by atoms with Crippen LogP contribution in [0.2, 0.25) is 0 Å². The average Bonchev–Trinajstić information content (AvgIpc) is 2.36. The van der Waals surface area contributed by atoms with Gasteiger partial charge < -0.3 is 21.1 Å². The van der Waals surface area contributed by atoms with E-state index in [2.05, 4.69) is 0 Å². The second-order valence-electron chi connectivity index (χ2n) is 4.04. The van der Waals surface area contributed by atoms with Gasteiger partial charge in [-0.25, -0.2) is 0 Å². The maximum atomic E-state index is 11.1. The number of carbonyl (C=O) groups is 2. The number of primary amides is 1. The Kier molecular flexibility index (Phi) is 4.73. The second-order valence-corrected chi connectivity index (χ2v) is 4.04. The lowest BCUT2D eigenvalue weighted by Gasteiger charge is -2.16. The van der Waals surface area contributed by atoms with Crippen LogP contribution in [-0.2, 0) is 4.79 Å². The summed E-state index contributed by atoms with van der Waals surface area (Å²) in [4.78, 5) is 31.4. The van der Waals surface area contributed by atoms with Crippen LogP contribution < -0.4 is 5.73 Å². The minimum atomic E-state index is -1.69. The summed E-state index contributed by atoms with van der Waals surface area (Å²) in [5, 5.41) is 38.5. The highest BCUT2D eigenvalue weighted by Gasteiger charge is 2.24. The number of benzene rings is 1. The van der Waals surface area contributed by atoms with Crippen LogP contribution >= 0.6 is 0 Å². The lowest BCUT2D eigenvalue weighted by Crippen LogP contribution is -2.22. The zero-order chi connectivity index (χ0) is 15.4. The molecule has 0 aromatic heterocycles. The number of hydrogen-bond donors (Lipinski definition) is 4. The average molecular weight is 284 g/mol. The third-order valence-electron chi connectivity index (χ3n) is 2.53. The van der Waals surface area contributed by atoms with Gasteiger partial charge in [-0.2, -0.15) is 0 Å². The Morgan fingerprint density at radius 1 is 1.30 bits per heavy atom. The number of amides is 1. The van der Waals surface area contributed by atoms with Crippen molar-refractivity contribution in [3.8, 4) is 0 Å². The Hall–Kier alpha value is -2.52. The third kappa shape index (κ3) is 3.73. The van der Waals surface area contributed by atoms with Crippen LogP contribution in [0.1, 0.15) is 28.4 Å². The zero-order valence-corrected chi connectivity index (χ0v) is 10.1. The molecule has 0 saturated heterocycles. The first-order chi connectivity index (χ1) is 9.22. The molecular weight excluding hydrogens is 272 g/mol. The van der Waals surface area contributed by atoms with Crippen molar-refractivity contribution >= 4 is 17.6 Å². The normalized spacial score (nSPS) is 13.5. The number of aliphatic hydroxyl groups is 2. The third-order valence-corrected chi connectivity index (χ3v) is 2.53. The Morgan fingerprint density at radius 3 is 2.35 bits per heavy atom. The molecule has 0 radical (unpaired) electrons. The van der Waals surface area contributed by atoms with Crippen molar-refractivity contribution < 1.29 is 29.8 Å². The zero-order valence-electron chi connectivity index (χ0n) is 10.1. The summed E-state index contributed by atoms with van der Waals surface area (Å²) in [6, 6.07) is 2.91. The van der Waals surface area contributed by atoms with Crippen LogP contribution in [0.25, 0.3) is 0 Å². The fourth-order valence-electron chi connectivity index (χ4n) is 1.57. The van der Waals surface area contributed by atoms with Gasteiger partial charge in [0.25, 0.3) is 5.69 Å². The van der Waals surface area contributed by atoms with Crippen molar-refractivity contribution in [2.45, 2.75) is 18.6 Å². The molecule has 0 heterocycles. The molecule has 5 N–H and O–H groups in total. The number of carboxylic acids is 1. The molecule has 2 unspecified atom stereocenters. The summed E-state index contributed by atoms with van der Waals surface area (Å²) in [6.45, 7) is 0. The first-order valence-corrected chi connectivity index (χ1v) is 5.39. The molecule has 1 amide bonds. The van der Waals surface area contributed by atoms with Gasteiger partial charge in [0.1, 0.15) is 6.10 Å². The smallest absolute Gasteiger partial charge is 0.306 e. The van der Waals surface area contributed by atoms with Crippen LogP contribution in [0, 0.1) is 10.1 Å². The summed E-state index contributed by atoms with van der Waals surface area (Å²) >= 11 is 0. The molecule has 1 aromatic carbocycles. The minimum absolute atomic E-state index is 0.165. The van der Waals surface area contributed by atoms with E-state index in [9.17, 15) is 29.9 Å². The number of carbonyl (C=O) groups excluding carboxylic acids is 1. The maximum Gasteiger partial charge on any atom is 0.306 e. The van der Waals surface area contributed by atoms with E-state index in [1.165, 1.54) is 0 Å². The standard InChI is InChI=1S/C11H12N2O7/c12-11(18)6-1-5(2-7(3-6)13(19)20)10(17)8(14)4-9(15)16/h1-3,8,10,14,17H,4H2,(H2,12,18)(H,15,16). The Labute approximate surface area is 112 Å². The SMILES string of the molecule is NC(=O)c1cc(C(O)C(O)CC(=O)O)cc([N+](=O)[O-])c1. The van der Waals surface area contributed by atoms with Gasteiger partial charge >= 0.3 is 5.97 Å². The predicted molar refractivity (Wildman–Crippen MR) is 64.8 cm³/mol. The molecule has 1 rings (SSSR count). The topological polar surface area (TPSA) is 164 Å². The molecule has 0 bridgehead atoms. The summed E-state index contributed by atoms with van der Waals surface area (Å²) in [6.07, 6.45) is -4.12. The number of carboxylic acid groups (broad SMARTS) is 1. The van der Waals surface area contributed by atoms with Crippen LogP contribution in [0.15, 0.2) is 18.2 Å². The van der Waals surface area contributed by atoms with Gasteiger partial charge in [0.05, 0.1) is 17.4 Å². The highest BCUT2D eigenvalue weighted by molar-refractivity contribution is 5.93. The molecule has 9 heteroatoms. The summed E-state index contributed by atoms with van der Waals surface area (Å²) in [5.74, 6) is -2.30. The predicted octanol–water partition coefficient (Wildman–Crippen LogP) is -0.437. The molecule has 9 nitrogen and oxygen atoms in total. The highest BCUT2D eigenvalue weighted by Crippen LogP contribution is 2.25. The minimum Gasteiger partial charge on any atom is -0.481 e. The summed E-state index contributed by atoms with van der Waals surface area (Å²) in [5.41, 5.74) is 4.12. The number of nitro benzene ring substituents is 1. The second kappa shape index (κ2) is 6.08. The number of aliphatic hydroxyl groups excluding tert-OH is 2. The Morgan fingerprint density at radius 2 is 1.90 bits per heavy atom. The first kappa shape index (κ1) is 15.5. The monoisotopic (exact) mass is 284 g/mol. The van der Waals surface area contributed by atoms with Gasteiger partial charge in [-0.1, -0.05) is 0 Å².